The van der Waals surface area contributed by atoms with Crippen LogP contribution >= 0.6 is 0 Å². The third-order valence-corrected chi connectivity index (χ3v) is 1.80. The van der Waals surface area contributed by atoms with Crippen molar-refractivity contribution in [2.45, 2.75) is 13.3 Å². The Balaban J connectivity index is 2.36. The number of carbonyl (C=O) groups is 1. The van der Waals surface area contributed by atoms with Crippen LogP contribution in [0.15, 0.2) is 18.5 Å². The van der Waals surface area contributed by atoms with Gasteiger partial charge < -0.3 is 14.6 Å². The number of carboxylic acid groups (broad SMARTS) is 1. The molecule has 16 heavy (non-hydrogen) atoms. The summed E-state index contributed by atoms with van der Waals surface area (Å²) in [6.07, 6.45) is 3.73. The third-order valence-electron chi connectivity index (χ3n) is 1.80. The quantitative estimate of drug-likeness (QED) is 0.713. The van der Waals surface area contributed by atoms with Crippen LogP contribution in [0.5, 0.6) is 5.75 Å². The normalized spacial score (nSPS) is 10.1. The van der Waals surface area contributed by atoms with Crippen molar-refractivity contribution in [3.63, 3.8) is 0 Å². The molecule has 0 radical (unpaired) electrons. The van der Waals surface area contributed by atoms with Crippen LogP contribution in [0.25, 0.3) is 0 Å². The molecule has 1 heterocycles. The number of pyridine rings is 1. The predicted molar refractivity (Wildman–Crippen MR) is 57.8 cm³/mol. The number of rotatable bonds is 7. The number of nitrogens with zero attached hydrogens (tertiary/aromatic N) is 1. The molecule has 0 bridgehead atoms. The van der Waals surface area contributed by atoms with Gasteiger partial charge in [-0.15, -0.1) is 0 Å². The first-order chi connectivity index (χ1) is 7.74. The summed E-state index contributed by atoms with van der Waals surface area (Å²) in [6.45, 7) is 3.62. The standard InChI is InChI=1S/C11H15NO4/c1-2-3-15-4-5-16-10-6-9(11(13)14)7-12-8-10/h6-8H,2-5H2,1H3,(H,13,14). The Morgan fingerprint density at radius 1 is 1.38 bits per heavy atom. The van der Waals surface area contributed by atoms with Crippen LogP contribution in [-0.2, 0) is 4.74 Å². The van der Waals surface area contributed by atoms with E-state index in [0.717, 1.165) is 6.42 Å². The summed E-state index contributed by atoms with van der Waals surface area (Å²) in [5, 5.41) is 8.73. The first-order valence-electron chi connectivity index (χ1n) is 5.13. The van der Waals surface area contributed by atoms with Gasteiger partial charge in [-0.2, -0.15) is 0 Å². The number of hydrogen-bond donors (Lipinski definition) is 1. The molecule has 0 saturated heterocycles. The molecule has 0 atom stereocenters. The second-order valence-corrected chi connectivity index (χ2v) is 3.18. The highest BCUT2D eigenvalue weighted by molar-refractivity contribution is 5.87. The van der Waals surface area contributed by atoms with Gasteiger partial charge in [-0.3, -0.25) is 4.98 Å². The van der Waals surface area contributed by atoms with Gasteiger partial charge in [0.2, 0.25) is 0 Å². The van der Waals surface area contributed by atoms with E-state index in [1.54, 1.807) is 0 Å². The van der Waals surface area contributed by atoms with Gasteiger partial charge in [0.1, 0.15) is 12.4 Å². The van der Waals surface area contributed by atoms with E-state index in [1.807, 2.05) is 6.92 Å². The Hall–Kier alpha value is -1.62. The van der Waals surface area contributed by atoms with Gasteiger partial charge in [0, 0.05) is 12.8 Å². The minimum atomic E-state index is -1.01. The molecule has 0 aliphatic heterocycles. The second kappa shape index (κ2) is 6.79. The first kappa shape index (κ1) is 12.4. The van der Waals surface area contributed by atoms with Gasteiger partial charge in [0.25, 0.3) is 0 Å². The van der Waals surface area contributed by atoms with Crippen LogP contribution in [0.4, 0.5) is 0 Å². The summed E-state index contributed by atoms with van der Waals surface area (Å²) >= 11 is 0. The smallest absolute Gasteiger partial charge is 0.337 e. The van der Waals surface area contributed by atoms with Gasteiger partial charge >= 0.3 is 5.97 Å². The van der Waals surface area contributed by atoms with Crippen LogP contribution in [0.1, 0.15) is 23.7 Å². The maximum Gasteiger partial charge on any atom is 0.337 e. The fourth-order valence-corrected chi connectivity index (χ4v) is 1.08. The molecule has 0 aliphatic carbocycles. The zero-order chi connectivity index (χ0) is 11.8. The highest BCUT2D eigenvalue weighted by Crippen LogP contribution is 2.10. The lowest BCUT2D eigenvalue weighted by Crippen LogP contribution is -2.08. The van der Waals surface area contributed by atoms with Gasteiger partial charge in [0.05, 0.1) is 18.4 Å². The van der Waals surface area contributed by atoms with Gasteiger partial charge in [-0.25, -0.2) is 4.79 Å². The van der Waals surface area contributed by atoms with Crippen molar-refractivity contribution in [3.8, 4) is 5.75 Å². The Labute approximate surface area is 94.0 Å². The third kappa shape index (κ3) is 4.27. The SMILES string of the molecule is CCCOCCOc1cncc(C(=O)O)c1. The molecular weight excluding hydrogens is 210 g/mol. The zero-order valence-electron chi connectivity index (χ0n) is 9.18. The summed E-state index contributed by atoms with van der Waals surface area (Å²) < 4.78 is 10.5. The van der Waals surface area contributed by atoms with E-state index >= 15 is 0 Å². The van der Waals surface area contributed by atoms with E-state index in [4.69, 9.17) is 14.6 Å². The molecule has 0 aliphatic rings. The second-order valence-electron chi connectivity index (χ2n) is 3.18. The molecule has 1 aromatic heterocycles. The number of aromatic nitrogens is 1. The average molecular weight is 225 g/mol. The topological polar surface area (TPSA) is 68.7 Å². The van der Waals surface area contributed by atoms with E-state index < -0.39 is 5.97 Å². The van der Waals surface area contributed by atoms with Gasteiger partial charge in [0.15, 0.2) is 0 Å². The number of carboxylic acids is 1. The first-order valence-corrected chi connectivity index (χ1v) is 5.13. The zero-order valence-corrected chi connectivity index (χ0v) is 9.18. The maximum atomic E-state index is 10.6. The summed E-state index contributed by atoms with van der Waals surface area (Å²) in [7, 11) is 0. The summed E-state index contributed by atoms with van der Waals surface area (Å²) in [6, 6.07) is 1.44. The fourth-order valence-electron chi connectivity index (χ4n) is 1.08. The van der Waals surface area contributed by atoms with E-state index in [9.17, 15) is 4.79 Å². The molecule has 5 heteroatoms. The molecule has 0 aromatic carbocycles. The average Bonchev–Trinajstić information content (AvgIpc) is 2.29. The molecule has 0 saturated carbocycles. The van der Waals surface area contributed by atoms with E-state index in [0.29, 0.717) is 25.6 Å². The van der Waals surface area contributed by atoms with Crippen molar-refractivity contribution in [2.24, 2.45) is 0 Å². The van der Waals surface area contributed by atoms with Crippen molar-refractivity contribution < 1.29 is 19.4 Å². The Morgan fingerprint density at radius 2 is 2.19 bits per heavy atom. The van der Waals surface area contributed by atoms with Crippen LogP contribution in [0, 0.1) is 0 Å². The van der Waals surface area contributed by atoms with Crippen LogP contribution in [0.3, 0.4) is 0 Å². The Morgan fingerprint density at radius 3 is 2.88 bits per heavy atom. The van der Waals surface area contributed by atoms with Gasteiger partial charge in [-0.05, 0) is 12.5 Å². The molecule has 0 unspecified atom stereocenters. The lowest BCUT2D eigenvalue weighted by Gasteiger charge is -2.06. The van der Waals surface area contributed by atoms with Crippen molar-refractivity contribution in [1.82, 2.24) is 4.98 Å². The van der Waals surface area contributed by atoms with Gasteiger partial charge in [-0.1, -0.05) is 6.92 Å². The highest BCUT2D eigenvalue weighted by atomic mass is 16.5. The minimum Gasteiger partial charge on any atom is -0.490 e. The van der Waals surface area contributed by atoms with Crippen molar-refractivity contribution in [2.75, 3.05) is 19.8 Å². The maximum absolute atomic E-state index is 10.6. The van der Waals surface area contributed by atoms with E-state index in [1.165, 1.54) is 18.5 Å². The highest BCUT2D eigenvalue weighted by Gasteiger charge is 2.04. The van der Waals surface area contributed by atoms with Crippen molar-refractivity contribution in [1.29, 1.82) is 0 Å². The molecule has 1 rings (SSSR count). The summed E-state index contributed by atoms with van der Waals surface area (Å²) in [5.41, 5.74) is 0.118. The molecule has 0 amide bonds. The molecule has 88 valence electrons. The van der Waals surface area contributed by atoms with E-state index in [2.05, 4.69) is 4.98 Å². The van der Waals surface area contributed by atoms with Crippen LogP contribution in [0.2, 0.25) is 0 Å². The lowest BCUT2D eigenvalue weighted by atomic mass is 10.3. The molecule has 0 fully saturated rings. The monoisotopic (exact) mass is 225 g/mol. The Bertz CT molecular complexity index is 341. The number of aromatic carboxylic acids is 1. The molecular formula is C11H15NO4. The number of ether oxygens (including phenoxy) is 2. The van der Waals surface area contributed by atoms with E-state index in [-0.39, 0.29) is 5.56 Å². The largest absolute Gasteiger partial charge is 0.490 e. The van der Waals surface area contributed by atoms with Crippen LogP contribution < -0.4 is 4.74 Å². The minimum absolute atomic E-state index is 0.118. The lowest BCUT2D eigenvalue weighted by molar-refractivity contribution is 0.0695. The molecule has 1 N–H and O–H groups in total. The molecule has 0 spiro atoms. The van der Waals surface area contributed by atoms with Crippen molar-refractivity contribution in [3.05, 3.63) is 24.0 Å². The molecule has 5 nitrogen and oxygen atoms in total. The summed E-state index contributed by atoms with van der Waals surface area (Å²) in [5.74, 6) is -0.569. The van der Waals surface area contributed by atoms with Crippen LogP contribution in [-0.4, -0.2) is 35.9 Å². The number of hydrogen-bond acceptors (Lipinski definition) is 4. The molecule has 1 aromatic rings. The Kier molecular flexibility index (Phi) is 5.28. The van der Waals surface area contributed by atoms with Crippen molar-refractivity contribution >= 4 is 5.97 Å². The fraction of sp³-hybridized carbons (Fsp3) is 0.455. The predicted octanol–water partition coefficient (Wildman–Crippen LogP) is 1.59. The summed E-state index contributed by atoms with van der Waals surface area (Å²) in [4.78, 5) is 14.4.